The van der Waals surface area contributed by atoms with Crippen LogP contribution < -0.4 is 0 Å². The van der Waals surface area contributed by atoms with E-state index >= 15 is 0 Å². The Labute approximate surface area is 166 Å². The number of aldehydes is 1. The lowest BCUT2D eigenvalue weighted by Gasteiger charge is -2.45. The largest absolute Gasteiger partial charge is 0.415 e. The molecule has 1 aromatic carbocycles. The van der Waals surface area contributed by atoms with Gasteiger partial charge in [-0.1, -0.05) is 70.2 Å². The molecule has 1 aliphatic rings. The number of rotatable bonds is 9. The topological polar surface area (TPSA) is 29.5 Å². The van der Waals surface area contributed by atoms with Gasteiger partial charge in [-0.3, -0.25) is 4.90 Å². The molecular formula is C23H37NO2Si. The summed E-state index contributed by atoms with van der Waals surface area (Å²) in [5.41, 5.74) is 1.27. The number of benzene rings is 1. The van der Waals surface area contributed by atoms with Gasteiger partial charge in [-0.05, 0) is 36.0 Å². The lowest BCUT2D eigenvalue weighted by molar-refractivity contribution is -0.109. The number of hydrogen-bond donors (Lipinski definition) is 0. The Kier molecular flexibility index (Phi) is 7.61. The highest BCUT2D eigenvalue weighted by atomic mass is 28.4. The van der Waals surface area contributed by atoms with Crippen molar-refractivity contribution in [3.8, 4) is 0 Å². The number of carbonyl (C=O) groups is 1. The first-order chi connectivity index (χ1) is 12.7. The summed E-state index contributed by atoms with van der Waals surface area (Å²) < 4.78 is 6.74. The number of hydrogen-bond acceptors (Lipinski definition) is 3. The summed E-state index contributed by atoms with van der Waals surface area (Å²) in [5, 5.41) is 0.193. The van der Waals surface area contributed by atoms with Crippen molar-refractivity contribution in [1.82, 2.24) is 4.90 Å². The van der Waals surface area contributed by atoms with Crippen LogP contribution in [-0.2, 0) is 9.22 Å². The normalized spacial score (nSPS) is 20.0. The van der Waals surface area contributed by atoms with Crippen molar-refractivity contribution in [2.75, 3.05) is 13.2 Å². The quantitative estimate of drug-likeness (QED) is 0.313. The number of carbonyl (C=O) groups excluding carboxylic acids is 1. The van der Waals surface area contributed by atoms with E-state index in [2.05, 4.69) is 88.2 Å². The maximum absolute atomic E-state index is 11.2. The lowest BCUT2D eigenvalue weighted by atomic mass is 9.98. The molecule has 3 nitrogen and oxygen atoms in total. The van der Waals surface area contributed by atoms with Gasteiger partial charge in [-0.15, -0.1) is 0 Å². The monoisotopic (exact) mass is 387 g/mol. The van der Waals surface area contributed by atoms with Gasteiger partial charge in [0.1, 0.15) is 6.29 Å². The van der Waals surface area contributed by atoms with Gasteiger partial charge >= 0.3 is 0 Å². The summed E-state index contributed by atoms with van der Waals surface area (Å²) in [6, 6.07) is 11.1. The molecule has 0 bridgehead atoms. The highest BCUT2D eigenvalue weighted by molar-refractivity contribution is 6.74. The van der Waals surface area contributed by atoms with Crippen LogP contribution in [0.3, 0.4) is 0 Å². The van der Waals surface area contributed by atoms with E-state index in [0.29, 0.717) is 18.9 Å². The zero-order valence-corrected chi connectivity index (χ0v) is 18.9. The minimum Gasteiger partial charge on any atom is -0.415 e. The molecule has 27 heavy (non-hydrogen) atoms. The Morgan fingerprint density at radius 2 is 1.89 bits per heavy atom. The molecule has 0 amide bonds. The van der Waals surface area contributed by atoms with E-state index in [9.17, 15) is 4.79 Å². The average molecular weight is 388 g/mol. The SMILES string of the molecule is CC(C)C(C)(C)[Si](C)(C)OCC(c1ccccc1)N1CC=CCC1CC=O. The third kappa shape index (κ3) is 5.18. The van der Waals surface area contributed by atoms with E-state index in [1.807, 2.05) is 0 Å². The Morgan fingerprint density at radius 3 is 2.48 bits per heavy atom. The van der Waals surface area contributed by atoms with Crippen LogP contribution in [0.1, 0.15) is 52.1 Å². The van der Waals surface area contributed by atoms with Gasteiger partial charge < -0.3 is 9.22 Å². The minimum atomic E-state index is -1.91. The fraction of sp³-hybridized carbons (Fsp3) is 0.609. The molecule has 2 atom stereocenters. The van der Waals surface area contributed by atoms with Crippen molar-refractivity contribution < 1.29 is 9.22 Å². The Morgan fingerprint density at radius 1 is 1.22 bits per heavy atom. The molecule has 0 saturated carbocycles. The second kappa shape index (κ2) is 9.31. The second-order valence-corrected chi connectivity index (χ2v) is 13.7. The fourth-order valence-electron chi connectivity index (χ4n) is 3.69. The molecule has 1 aliphatic heterocycles. The van der Waals surface area contributed by atoms with Crippen LogP contribution in [0.4, 0.5) is 0 Å². The smallest absolute Gasteiger partial charge is 0.192 e. The molecular weight excluding hydrogens is 350 g/mol. The minimum absolute atomic E-state index is 0.177. The van der Waals surface area contributed by atoms with Crippen LogP contribution >= 0.6 is 0 Å². The van der Waals surface area contributed by atoms with Crippen LogP contribution in [0, 0.1) is 5.92 Å². The highest BCUT2D eigenvalue weighted by Crippen LogP contribution is 2.45. The predicted molar refractivity (Wildman–Crippen MR) is 116 cm³/mol. The summed E-state index contributed by atoms with van der Waals surface area (Å²) in [6.45, 7) is 15.5. The van der Waals surface area contributed by atoms with E-state index < -0.39 is 8.32 Å². The molecule has 150 valence electrons. The summed E-state index contributed by atoms with van der Waals surface area (Å²) in [4.78, 5) is 13.7. The Balaban J connectivity index is 2.26. The van der Waals surface area contributed by atoms with Gasteiger partial charge in [-0.2, -0.15) is 0 Å². The van der Waals surface area contributed by atoms with Gasteiger partial charge in [-0.25, -0.2) is 0 Å². The lowest BCUT2D eigenvalue weighted by Crippen LogP contribution is -2.48. The molecule has 1 heterocycles. The molecule has 0 saturated heterocycles. The van der Waals surface area contributed by atoms with Crippen LogP contribution in [0.5, 0.6) is 0 Å². The summed E-state index contributed by atoms with van der Waals surface area (Å²) in [7, 11) is -1.91. The van der Waals surface area contributed by atoms with Crippen LogP contribution in [-0.4, -0.2) is 38.7 Å². The first kappa shape index (κ1) is 22.1. The summed E-state index contributed by atoms with van der Waals surface area (Å²) in [5.74, 6) is 0.579. The van der Waals surface area contributed by atoms with Crippen molar-refractivity contribution in [3.05, 3.63) is 48.0 Å². The highest BCUT2D eigenvalue weighted by Gasteiger charge is 2.44. The molecule has 1 aromatic rings. The fourth-order valence-corrected chi connectivity index (χ4v) is 6.02. The Bertz CT molecular complexity index is 625. The van der Waals surface area contributed by atoms with Crippen molar-refractivity contribution in [2.45, 2.75) is 70.8 Å². The molecule has 2 rings (SSSR count). The maximum Gasteiger partial charge on any atom is 0.192 e. The molecule has 0 spiro atoms. The summed E-state index contributed by atoms with van der Waals surface area (Å²) >= 11 is 0. The average Bonchev–Trinajstić information content (AvgIpc) is 2.64. The molecule has 0 N–H and O–H groups in total. The molecule has 0 fully saturated rings. The zero-order chi connectivity index (χ0) is 20.1. The molecule has 0 aliphatic carbocycles. The number of nitrogens with zero attached hydrogens (tertiary/aromatic N) is 1. The van der Waals surface area contributed by atoms with E-state index in [1.54, 1.807) is 0 Å². The van der Waals surface area contributed by atoms with Gasteiger partial charge in [0.25, 0.3) is 0 Å². The van der Waals surface area contributed by atoms with E-state index in [4.69, 9.17) is 4.43 Å². The third-order valence-electron chi connectivity index (χ3n) is 6.91. The van der Waals surface area contributed by atoms with Crippen molar-refractivity contribution >= 4 is 14.6 Å². The third-order valence-corrected chi connectivity index (χ3v) is 11.5. The van der Waals surface area contributed by atoms with E-state index in [1.165, 1.54) is 5.56 Å². The molecule has 2 unspecified atom stereocenters. The van der Waals surface area contributed by atoms with Gasteiger partial charge in [0.15, 0.2) is 8.32 Å². The first-order valence-electron chi connectivity index (χ1n) is 10.2. The Hall–Kier alpha value is -1.23. The zero-order valence-electron chi connectivity index (χ0n) is 17.9. The predicted octanol–water partition coefficient (Wildman–Crippen LogP) is 5.61. The molecule has 0 radical (unpaired) electrons. The van der Waals surface area contributed by atoms with Crippen molar-refractivity contribution in [1.29, 1.82) is 0 Å². The van der Waals surface area contributed by atoms with Gasteiger partial charge in [0.2, 0.25) is 0 Å². The van der Waals surface area contributed by atoms with Gasteiger partial charge in [0, 0.05) is 19.0 Å². The van der Waals surface area contributed by atoms with Crippen molar-refractivity contribution in [2.24, 2.45) is 5.92 Å². The van der Waals surface area contributed by atoms with E-state index in [-0.39, 0.29) is 17.1 Å². The standard InChI is InChI=1S/C23H37NO2Si/c1-19(2)23(3,4)27(5,6)26-18-22(20-12-8-7-9-13-20)24-16-11-10-14-21(24)15-17-25/h7-13,17,19,21-22H,14-16,18H2,1-6H3. The molecule has 0 aromatic heterocycles. The second-order valence-electron chi connectivity index (χ2n) is 9.08. The van der Waals surface area contributed by atoms with Crippen LogP contribution in [0.25, 0.3) is 0 Å². The van der Waals surface area contributed by atoms with Crippen molar-refractivity contribution in [3.63, 3.8) is 0 Å². The van der Waals surface area contributed by atoms with Gasteiger partial charge in [0.05, 0.1) is 12.6 Å². The van der Waals surface area contributed by atoms with Crippen LogP contribution in [0.2, 0.25) is 18.1 Å². The van der Waals surface area contributed by atoms with Crippen LogP contribution in [0.15, 0.2) is 42.5 Å². The van der Waals surface area contributed by atoms with E-state index in [0.717, 1.165) is 19.3 Å². The maximum atomic E-state index is 11.2. The summed E-state index contributed by atoms with van der Waals surface area (Å²) in [6.07, 6.45) is 6.98. The molecule has 4 heteroatoms. The first-order valence-corrected chi connectivity index (χ1v) is 13.1.